The third kappa shape index (κ3) is 3.21. The number of fused-ring (bicyclic) bond motifs is 15. The summed E-state index contributed by atoms with van der Waals surface area (Å²) in [7, 11) is 0. The number of aromatic nitrogens is 6. The molecule has 0 saturated carbocycles. The van der Waals surface area contributed by atoms with E-state index >= 15 is 0 Å². The van der Waals surface area contributed by atoms with Crippen molar-refractivity contribution in [2.75, 3.05) is 0 Å². The van der Waals surface area contributed by atoms with E-state index in [-0.39, 0.29) is 0 Å². The van der Waals surface area contributed by atoms with Gasteiger partial charge in [0.05, 0.1) is 56.4 Å². The molecule has 0 radical (unpaired) electrons. The molecule has 0 amide bonds. The zero-order chi connectivity index (χ0) is 30.6. The first-order valence-electron chi connectivity index (χ1n) is 15.8. The molecule has 6 heteroatoms. The van der Waals surface area contributed by atoms with E-state index < -0.39 is 0 Å². The van der Waals surface area contributed by atoms with E-state index in [0.29, 0.717) is 0 Å². The van der Waals surface area contributed by atoms with E-state index in [4.69, 9.17) is 4.98 Å². The zero-order valence-corrected chi connectivity index (χ0v) is 25.0. The molecule has 0 N–H and O–H groups in total. The molecule has 0 atom stereocenters. The van der Waals surface area contributed by atoms with Crippen LogP contribution in [0.25, 0.3) is 93.3 Å². The molecular weight excluding hydrogens is 576 g/mol. The predicted octanol–water partition coefficient (Wildman–Crippen LogP) is 9.78. The van der Waals surface area contributed by atoms with Gasteiger partial charge in [0.25, 0.3) is 0 Å². The van der Waals surface area contributed by atoms with Crippen LogP contribution in [0.4, 0.5) is 0 Å². The molecule has 0 saturated heterocycles. The van der Waals surface area contributed by atoms with Gasteiger partial charge in [-0.25, -0.2) is 4.98 Å². The maximum absolute atomic E-state index is 5.27. The average molecular weight is 601 g/mol. The van der Waals surface area contributed by atoms with Gasteiger partial charge in [-0.05, 0) is 60.0 Å². The number of imidazole rings is 1. The van der Waals surface area contributed by atoms with Crippen LogP contribution in [0.2, 0.25) is 0 Å². The summed E-state index contributed by atoms with van der Waals surface area (Å²) < 4.78 is 7.06. The van der Waals surface area contributed by atoms with Crippen molar-refractivity contribution < 1.29 is 0 Å². The van der Waals surface area contributed by atoms with Crippen LogP contribution in [0, 0.1) is 0 Å². The Hall–Kier alpha value is -6.53. The molecule has 0 aliphatic rings. The Kier molecular flexibility index (Phi) is 4.75. The van der Waals surface area contributed by atoms with Gasteiger partial charge in [-0.1, -0.05) is 66.7 Å². The summed E-state index contributed by atoms with van der Waals surface area (Å²) in [4.78, 5) is 14.3. The molecule has 0 bridgehead atoms. The van der Waals surface area contributed by atoms with Gasteiger partial charge in [-0.15, -0.1) is 0 Å². The Morgan fingerprint density at radius 1 is 0.426 bits per heavy atom. The highest BCUT2D eigenvalue weighted by Crippen LogP contribution is 2.44. The smallest absolute Gasteiger partial charge is 0.148 e. The first-order valence-corrected chi connectivity index (χ1v) is 15.8. The second-order valence-electron chi connectivity index (χ2n) is 12.2. The Balaban J connectivity index is 1.42. The van der Waals surface area contributed by atoms with Gasteiger partial charge in [-0.2, -0.15) is 0 Å². The topological polar surface area (TPSA) is 52.9 Å². The van der Waals surface area contributed by atoms with Crippen molar-refractivity contribution in [2.45, 2.75) is 0 Å². The summed E-state index contributed by atoms with van der Waals surface area (Å²) in [6, 6.07) is 43.5. The molecule has 11 aromatic rings. The lowest BCUT2D eigenvalue weighted by Crippen LogP contribution is -1.97. The van der Waals surface area contributed by atoms with E-state index in [1.807, 2.05) is 30.9 Å². The highest BCUT2D eigenvalue weighted by molar-refractivity contribution is 6.28. The molecule has 6 aromatic heterocycles. The quantitative estimate of drug-likeness (QED) is 0.186. The molecule has 6 heterocycles. The highest BCUT2D eigenvalue weighted by atomic mass is 15.0. The van der Waals surface area contributed by atoms with Crippen LogP contribution in [-0.2, 0) is 0 Å². The Labute approximate surface area is 267 Å². The minimum atomic E-state index is 0.901. The third-order valence-electron chi connectivity index (χ3n) is 9.76. The van der Waals surface area contributed by atoms with Crippen molar-refractivity contribution in [1.29, 1.82) is 0 Å². The molecule has 11 rings (SSSR count). The Bertz CT molecular complexity index is 3060. The van der Waals surface area contributed by atoms with Gasteiger partial charge in [0.2, 0.25) is 0 Å². The number of rotatable bonds is 2. The maximum Gasteiger partial charge on any atom is 0.148 e. The standard InChI is InChI=1S/C41H24N6/c1-3-9-25(10-4-1)45-34-14-8-7-13-27(34)31-21-36-32(22-35(31)45)30-16-15-29-28-17-19-42-23-37(28)47-38-24-43-20-18-33(38)44-41(47)39(29)40(30)46(36)26-11-5-2-6-12-26/h1-24H. The van der Waals surface area contributed by atoms with Crippen LogP contribution >= 0.6 is 0 Å². The van der Waals surface area contributed by atoms with E-state index in [9.17, 15) is 0 Å². The number of pyridine rings is 3. The summed E-state index contributed by atoms with van der Waals surface area (Å²) in [6.45, 7) is 0. The van der Waals surface area contributed by atoms with Crippen molar-refractivity contribution in [3.8, 4) is 11.4 Å². The summed E-state index contributed by atoms with van der Waals surface area (Å²) >= 11 is 0. The lowest BCUT2D eigenvalue weighted by Gasteiger charge is -2.13. The van der Waals surface area contributed by atoms with Crippen molar-refractivity contribution >= 4 is 82.0 Å². The molecule has 6 nitrogen and oxygen atoms in total. The second-order valence-corrected chi connectivity index (χ2v) is 12.2. The maximum atomic E-state index is 5.27. The molecule has 0 fully saturated rings. The van der Waals surface area contributed by atoms with Crippen LogP contribution in [0.1, 0.15) is 0 Å². The first kappa shape index (κ1) is 24.8. The average Bonchev–Trinajstić information content (AvgIpc) is 3.79. The van der Waals surface area contributed by atoms with Crippen molar-refractivity contribution in [2.24, 2.45) is 0 Å². The van der Waals surface area contributed by atoms with Crippen molar-refractivity contribution in [3.63, 3.8) is 0 Å². The van der Waals surface area contributed by atoms with Gasteiger partial charge in [0.15, 0.2) is 0 Å². The van der Waals surface area contributed by atoms with E-state index in [1.165, 1.54) is 32.6 Å². The fourth-order valence-electron chi connectivity index (χ4n) is 7.84. The Morgan fingerprint density at radius 3 is 1.85 bits per heavy atom. The number of nitrogens with zero attached hydrogens (tertiary/aromatic N) is 6. The summed E-state index contributed by atoms with van der Waals surface area (Å²) in [6.07, 6.45) is 7.53. The molecule has 0 aliphatic heterocycles. The monoisotopic (exact) mass is 600 g/mol. The third-order valence-corrected chi connectivity index (χ3v) is 9.76. The van der Waals surface area contributed by atoms with Crippen LogP contribution in [0.15, 0.2) is 146 Å². The summed E-state index contributed by atoms with van der Waals surface area (Å²) in [5, 5.41) is 8.22. The fourth-order valence-corrected chi connectivity index (χ4v) is 7.84. The molecule has 218 valence electrons. The van der Waals surface area contributed by atoms with Crippen molar-refractivity contribution in [3.05, 3.63) is 146 Å². The van der Waals surface area contributed by atoms with Gasteiger partial charge in [0, 0.05) is 50.7 Å². The van der Waals surface area contributed by atoms with E-state index in [2.05, 4.69) is 139 Å². The predicted molar refractivity (Wildman–Crippen MR) is 192 cm³/mol. The number of hydrogen-bond acceptors (Lipinski definition) is 3. The normalized spacial score (nSPS) is 12.3. The molecular formula is C41H24N6. The fraction of sp³-hybridized carbons (Fsp3) is 0. The zero-order valence-electron chi connectivity index (χ0n) is 25.0. The van der Waals surface area contributed by atoms with Gasteiger partial charge >= 0.3 is 0 Å². The molecule has 0 aliphatic carbocycles. The van der Waals surface area contributed by atoms with Crippen LogP contribution in [0.5, 0.6) is 0 Å². The molecule has 0 spiro atoms. The minimum Gasteiger partial charge on any atom is -0.309 e. The van der Waals surface area contributed by atoms with E-state index in [1.54, 1.807) is 0 Å². The molecule has 5 aromatic carbocycles. The van der Waals surface area contributed by atoms with E-state index in [0.717, 1.165) is 60.8 Å². The minimum absolute atomic E-state index is 0.901. The SMILES string of the molecule is c1ccc(-n2c3ccccc3c3cc4c(cc32)c2ccc3c5ccncc5n5c6cnccc6nc5c3c2n4-c2ccccc2)cc1. The van der Waals surface area contributed by atoms with Gasteiger partial charge in [0.1, 0.15) is 5.65 Å². The lowest BCUT2D eigenvalue weighted by molar-refractivity contribution is 1.18. The summed E-state index contributed by atoms with van der Waals surface area (Å²) in [5.74, 6) is 0. The van der Waals surface area contributed by atoms with Gasteiger partial charge < -0.3 is 9.13 Å². The van der Waals surface area contributed by atoms with Crippen molar-refractivity contribution in [1.82, 2.24) is 28.5 Å². The lowest BCUT2D eigenvalue weighted by atomic mass is 10.0. The van der Waals surface area contributed by atoms with Crippen LogP contribution in [-0.4, -0.2) is 28.5 Å². The largest absolute Gasteiger partial charge is 0.309 e. The van der Waals surface area contributed by atoms with Crippen LogP contribution in [0.3, 0.4) is 0 Å². The van der Waals surface area contributed by atoms with Gasteiger partial charge in [-0.3, -0.25) is 14.4 Å². The highest BCUT2D eigenvalue weighted by Gasteiger charge is 2.23. The molecule has 0 unspecified atom stereocenters. The number of para-hydroxylation sites is 3. The number of hydrogen-bond donors (Lipinski definition) is 0. The molecule has 47 heavy (non-hydrogen) atoms. The summed E-state index contributed by atoms with van der Waals surface area (Å²) in [5.41, 5.74) is 10.7. The Morgan fingerprint density at radius 2 is 1.04 bits per heavy atom. The second kappa shape index (κ2) is 9.02. The first-order chi connectivity index (χ1) is 23.3. The number of benzene rings is 5. The van der Waals surface area contributed by atoms with Crippen LogP contribution < -0.4 is 0 Å².